The van der Waals surface area contributed by atoms with Crippen LogP contribution in [0.15, 0.2) is 84.9 Å². The van der Waals surface area contributed by atoms with E-state index in [9.17, 15) is 29.7 Å². The number of aromatic amines is 2. The minimum absolute atomic E-state index is 0.0841. The van der Waals surface area contributed by atoms with Crippen LogP contribution in [0.1, 0.15) is 71.2 Å². The number of carbonyl (C=O) groups is 3. The van der Waals surface area contributed by atoms with Crippen LogP contribution < -0.4 is 0 Å². The maximum atomic E-state index is 12.5. The van der Waals surface area contributed by atoms with Crippen LogP contribution in [-0.2, 0) is 6.61 Å². The maximum absolute atomic E-state index is 12.5. The summed E-state index contributed by atoms with van der Waals surface area (Å²) in [6, 6.07) is 24.2. The highest BCUT2D eigenvalue weighted by molar-refractivity contribution is 6.03. The molecule has 0 aliphatic carbocycles. The number of aromatic hydroxyl groups is 2. The summed E-state index contributed by atoms with van der Waals surface area (Å²) in [7, 11) is 3.45. The summed E-state index contributed by atoms with van der Waals surface area (Å²) in [6.07, 6.45) is 0.772. The van der Waals surface area contributed by atoms with Gasteiger partial charge in [-0.25, -0.2) is 0 Å². The monoisotopic (exact) mass is 614 g/mol. The number of phenols is 2. The molecule has 2 aliphatic rings. The average Bonchev–Trinajstić information content (AvgIpc) is 3.75. The van der Waals surface area contributed by atoms with Crippen molar-refractivity contribution in [3.63, 3.8) is 0 Å². The minimum atomic E-state index is -0.402. The molecule has 10 nitrogen and oxygen atoms in total. The fraction of sp³-hybridized carbons (Fsp3) is 0.139. The van der Waals surface area contributed by atoms with E-state index in [2.05, 4.69) is 9.97 Å². The topological polar surface area (TPSA) is 150 Å². The van der Waals surface area contributed by atoms with Crippen LogP contribution in [-0.4, -0.2) is 67.3 Å². The number of aromatic nitrogens is 2. The summed E-state index contributed by atoms with van der Waals surface area (Å²) in [6.45, 7) is -0.142. The molecular formula is C36H30N4O6. The number of hydrogen-bond donors (Lipinski definition) is 5. The van der Waals surface area contributed by atoms with Crippen LogP contribution in [0.4, 0.5) is 0 Å². The molecule has 2 aromatic heterocycles. The Labute approximate surface area is 263 Å². The van der Waals surface area contributed by atoms with Crippen LogP contribution >= 0.6 is 0 Å². The molecule has 0 saturated heterocycles. The number of aliphatic hydroxyl groups is 1. The number of benzene rings is 4. The number of rotatable bonds is 4. The number of fused-ring (bicyclic) bond motifs is 4. The van der Waals surface area contributed by atoms with Gasteiger partial charge in [-0.05, 0) is 59.7 Å². The third kappa shape index (κ3) is 4.33. The Balaban J connectivity index is 0.000000147. The molecule has 2 aliphatic heterocycles. The predicted molar refractivity (Wildman–Crippen MR) is 172 cm³/mol. The quantitative estimate of drug-likeness (QED) is 0.168. The van der Waals surface area contributed by atoms with Crippen molar-refractivity contribution in [1.82, 2.24) is 19.8 Å². The number of H-pyrrole nitrogens is 2. The summed E-state index contributed by atoms with van der Waals surface area (Å²) in [5.74, 6) is 0.0258. The number of carbonyl (C=O) groups excluding carboxylic acids is 3. The highest BCUT2D eigenvalue weighted by atomic mass is 16.3. The van der Waals surface area contributed by atoms with Gasteiger partial charge in [-0.15, -0.1) is 0 Å². The van der Waals surface area contributed by atoms with E-state index in [4.69, 9.17) is 0 Å². The molecule has 6 aromatic rings. The Morgan fingerprint density at radius 3 is 1.70 bits per heavy atom. The molecule has 0 radical (unpaired) electrons. The molecule has 2 atom stereocenters. The molecule has 4 aromatic carbocycles. The van der Waals surface area contributed by atoms with Crippen LogP contribution in [0.2, 0.25) is 0 Å². The van der Waals surface area contributed by atoms with Crippen molar-refractivity contribution in [2.45, 2.75) is 18.7 Å². The number of para-hydroxylation sites is 2. The van der Waals surface area contributed by atoms with Gasteiger partial charge < -0.3 is 35.1 Å². The molecule has 8 rings (SSSR count). The smallest absolute Gasteiger partial charge is 0.254 e. The largest absolute Gasteiger partial charge is 0.508 e. The van der Waals surface area contributed by atoms with E-state index in [1.165, 1.54) is 12.1 Å². The standard InChI is InChI=1S/C18H16N2O3.C18H14N2O3/c2*1-20-17(13-8-10(22)6-7-11(13)18(20)23)16-12-4-2-3-5-14(12)19-15(16)9-21/h2-8,17,19,21-22H,9H2,1H3;2-9,17,19,22H,1H3. The lowest BCUT2D eigenvalue weighted by Gasteiger charge is -2.22. The Hall–Kier alpha value is -5.87. The first-order valence-electron chi connectivity index (χ1n) is 14.7. The number of phenolic OH excluding ortho intramolecular Hbond substituents is 2. The van der Waals surface area contributed by atoms with Gasteiger partial charge in [-0.1, -0.05) is 36.4 Å². The molecule has 2 amide bonds. The maximum Gasteiger partial charge on any atom is 0.254 e. The van der Waals surface area contributed by atoms with Crippen molar-refractivity contribution in [3.05, 3.63) is 130 Å². The number of amides is 2. The van der Waals surface area contributed by atoms with E-state index < -0.39 is 6.04 Å². The molecule has 46 heavy (non-hydrogen) atoms. The Bertz CT molecular complexity index is 2200. The molecule has 2 unspecified atom stereocenters. The van der Waals surface area contributed by atoms with E-state index in [0.717, 1.165) is 44.8 Å². The van der Waals surface area contributed by atoms with Crippen molar-refractivity contribution in [3.8, 4) is 11.5 Å². The zero-order valence-electron chi connectivity index (χ0n) is 25.0. The first kappa shape index (κ1) is 28.9. The highest BCUT2D eigenvalue weighted by Crippen LogP contribution is 2.44. The summed E-state index contributed by atoms with van der Waals surface area (Å²) in [4.78, 5) is 46.1. The van der Waals surface area contributed by atoms with Gasteiger partial charge in [0, 0.05) is 63.8 Å². The van der Waals surface area contributed by atoms with Gasteiger partial charge in [0.05, 0.1) is 24.4 Å². The van der Waals surface area contributed by atoms with Crippen LogP contribution in [0.25, 0.3) is 21.8 Å². The molecule has 0 spiro atoms. The van der Waals surface area contributed by atoms with Gasteiger partial charge in [0.2, 0.25) is 0 Å². The lowest BCUT2D eigenvalue weighted by Crippen LogP contribution is -2.24. The molecule has 0 saturated carbocycles. The molecular weight excluding hydrogens is 584 g/mol. The number of nitrogens with zero attached hydrogens (tertiary/aromatic N) is 2. The normalized spacial score (nSPS) is 16.9. The van der Waals surface area contributed by atoms with Gasteiger partial charge >= 0.3 is 0 Å². The number of aliphatic hydroxyl groups excluding tert-OH is 1. The Morgan fingerprint density at radius 1 is 0.696 bits per heavy atom. The van der Waals surface area contributed by atoms with Gasteiger partial charge in [0.25, 0.3) is 11.8 Å². The fourth-order valence-electron chi connectivity index (χ4n) is 6.90. The van der Waals surface area contributed by atoms with Crippen LogP contribution in [0, 0.1) is 0 Å². The first-order chi connectivity index (χ1) is 22.2. The Kier molecular flexibility index (Phi) is 6.86. The van der Waals surface area contributed by atoms with Crippen molar-refractivity contribution < 1.29 is 29.7 Å². The van der Waals surface area contributed by atoms with E-state index in [0.29, 0.717) is 28.1 Å². The molecule has 10 heteroatoms. The van der Waals surface area contributed by atoms with Gasteiger partial charge in [-0.3, -0.25) is 14.4 Å². The fourth-order valence-corrected chi connectivity index (χ4v) is 6.90. The zero-order valence-corrected chi connectivity index (χ0v) is 25.0. The van der Waals surface area contributed by atoms with E-state index in [1.807, 2.05) is 48.5 Å². The second kappa shape index (κ2) is 10.9. The average molecular weight is 615 g/mol. The van der Waals surface area contributed by atoms with Crippen LogP contribution in [0.3, 0.4) is 0 Å². The van der Waals surface area contributed by atoms with E-state index >= 15 is 0 Å². The SMILES string of the molecule is CN1C(=O)c2ccc(O)cc2C1c1c(C=O)[nH]c2ccccc12.CN1C(=O)c2ccc(O)cc2C1c1c(CO)[nH]c2ccccc12. The van der Waals surface area contributed by atoms with Gasteiger partial charge in [0.1, 0.15) is 11.5 Å². The van der Waals surface area contributed by atoms with E-state index in [1.54, 1.807) is 48.2 Å². The minimum Gasteiger partial charge on any atom is -0.508 e. The summed E-state index contributed by atoms with van der Waals surface area (Å²) in [5.41, 5.74) is 7.16. The highest BCUT2D eigenvalue weighted by Gasteiger charge is 2.39. The first-order valence-corrected chi connectivity index (χ1v) is 14.7. The lowest BCUT2D eigenvalue weighted by atomic mass is 9.95. The number of aldehydes is 1. The number of hydrogen-bond acceptors (Lipinski definition) is 6. The molecule has 5 N–H and O–H groups in total. The zero-order chi connectivity index (χ0) is 32.3. The van der Waals surface area contributed by atoms with Gasteiger partial charge in [-0.2, -0.15) is 0 Å². The predicted octanol–water partition coefficient (Wildman–Crippen LogP) is 5.40. The van der Waals surface area contributed by atoms with Crippen LogP contribution in [0.5, 0.6) is 11.5 Å². The van der Waals surface area contributed by atoms with Crippen molar-refractivity contribution in [1.29, 1.82) is 0 Å². The molecule has 4 heterocycles. The summed E-state index contributed by atoms with van der Waals surface area (Å²) in [5, 5.41) is 31.3. The second-order valence-corrected chi connectivity index (χ2v) is 11.5. The van der Waals surface area contributed by atoms with E-state index in [-0.39, 0.29) is 36.0 Å². The van der Waals surface area contributed by atoms with Crippen molar-refractivity contribution >= 4 is 39.9 Å². The summed E-state index contributed by atoms with van der Waals surface area (Å²) >= 11 is 0. The second-order valence-electron chi connectivity index (χ2n) is 11.5. The molecule has 230 valence electrons. The summed E-state index contributed by atoms with van der Waals surface area (Å²) < 4.78 is 0. The van der Waals surface area contributed by atoms with Gasteiger partial charge in [0.15, 0.2) is 6.29 Å². The third-order valence-electron chi connectivity index (χ3n) is 8.96. The molecule has 0 bridgehead atoms. The van der Waals surface area contributed by atoms with Crippen molar-refractivity contribution in [2.24, 2.45) is 0 Å². The molecule has 0 fully saturated rings. The lowest BCUT2D eigenvalue weighted by molar-refractivity contribution is 0.0786. The third-order valence-corrected chi connectivity index (χ3v) is 8.96. The number of nitrogens with one attached hydrogen (secondary N) is 2. The van der Waals surface area contributed by atoms with Crippen molar-refractivity contribution in [2.75, 3.05) is 14.1 Å². The Morgan fingerprint density at radius 2 is 1.17 bits per heavy atom.